The van der Waals surface area contributed by atoms with Crippen LogP contribution >= 0.6 is 0 Å². The first-order chi connectivity index (χ1) is 20.4. The van der Waals surface area contributed by atoms with E-state index in [1.165, 1.54) is 59.7 Å². The van der Waals surface area contributed by atoms with Gasteiger partial charge in [0.15, 0.2) is 10.8 Å². The molecule has 3 heterocycles. The molecule has 4 aliphatic rings. The number of fused-ring (bicyclic) bond motifs is 2. The monoisotopic (exact) mass is 611 g/mol. The van der Waals surface area contributed by atoms with Gasteiger partial charge in [0, 0.05) is 38.4 Å². The van der Waals surface area contributed by atoms with Crippen molar-refractivity contribution in [2.45, 2.75) is 42.7 Å². The van der Waals surface area contributed by atoms with E-state index in [1.54, 1.807) is 23.2 Å². The first-order valence-corrected chi connectivity index (χ1v) is 15.3. The fourth-order valence-corrected chi connectivity index (χ4v) is 8.45. The van der Waals surface area contributed by atoms with Gasteiger partial charge in [0.25, 0.3) is 15.9 Å². The Morgan fingerprint density at radius 1 is 1.16 bits per heavy atom. The van der Waals surface area contributed by atoms with E-state index in [0.717, 1.165) is 5.57 Å². The Morgan fingerprint density at radius 3 is 2.65 bits per heavy atom. The number of ketones is 1. The molecule has 1 saturated carbocycles. The van der Waals surface area contributed by atoms with Crippen LogP contribution in [0.1, 0.15) is 41.7 Å². The second-order valence-electron chi connectivity index (χ2n) is 11.6. The van der Waals surface area contributed by atoms with Crippen molar-refractivity contribution in [1.82, 2.24) is 29.7 Å². The molecule has 1 unspecified atom stereocenters. The minimum Gasteiger partial charge on any atom is -0.291 e. The number of sulfonamides is 1. The number of nitrogens with zero attached hydrogens (tertiary/aromatic N) is 6. The van der Waals surface area contributed by atoms with Gasteiger partial charge in [-0.15, -0.1) is 5.10 Å². The van der Waals surface area contributed by atoms with E-state index in [-0.39, 0.29) is 35.7 Å². The molecular weight excluding hydrogens is 583 g/mol. The summed E-state index contributed by atoms with van der Waals surface area (Å²) >= 11 is 0. The highest BCUT2D eigenvalue weighted by Gasteiger charge is 2.57. The number of anilines is 1. The summed E-state index contributed by atoms with van der Waals surface area (Å²) in [5, 5.41) is 9.03. The molecule has 0 radical (unpaired) electrons. The minimum atomic E-state index is -4.03. The average molecular weight is 612 g/mol. The lowest BCUT2D eigenvalue weighted by atomic mass is 9.59. The molecule has 1 N–H and O–H groups in total. The van der Waals surface area contributed by atoms with Gasteiger partial charge in [-0.2, -0.15) is 4.31 Å². The van der Waals surface area contributed by atoms with Gasteiger partial charge in [0.2, 0.25) is 0 Å². The van der Waals surface area contributed by atoms with Crippen LogP contribution in [0.15, 0.2) is 76.7 Å². The maximum atomic E-state index is 16.3. The van der Waals surface area contributed by atoms with Crippen molar-refractivity contribution >= 4 is 21.5 Å². The highest BCUT2D eigenvalue weighted by atomic mass is 32.2. The number of benzene rings is 1. The van der Waals surface area contributed by atoms with Crippen molar-refractivity contribution in [3.8, 4) is 0 Å². The standard InChI is InChI=1S/C29H28F3N7O3S/c1-37-26(16-34-36-37)43(41,42)38(2)21-6-3-17-12-25-22-14-28(17,13-21)27(40)24-11-18(9-10-33-24)29(31,32)23(22)15-35-39(25)20-7-4-19(30)5-8-20/h4-5,7-12,16,21,23,35H,3,6,13-15H2,1-2H3/t21-,23?,28+/m0/s1. The summed E-state index contributed by atoms with van der Waals surface area (Å²) in [6, 6.07) is 7.51. The molecule has 4 bridgehead atoms. The van der Waals surface area contributed by atoms with Crippen LogP contribution in [0.4, 0.5) is 18.9 Å². The Hall–Kier alpha value is -3.88. The van der Waals surface area contributed by atoms with E-state index in [0.29, 0.717) is 29.8 Å². The lowest BCUT2D eigenvalue weighted by Crippen LogP contribution is -2.54. The predicted molar refractivity (Wildman–Crippen MR) is 149 cm³/mol. The lowest BCUT2D eigenvalue weighted by molar-refractivity contribution is -0.0550. The van der Waals surface area contributed by atoms with Gasteiger partial charge in [0.05, 0.1) is 28.9 Å². The maximum absolute atomic E-state index is 16.3. The smallest absolute Gasteiger partial charge is 0.281 e. The number of nitrogens with one attached hydrogen (secondary N) is 1. The third-order valence-electron chi connectivity index (χ3n) is 9.36. The zero-order chi connectivity index (χ0) is 30.3. The maximum Gasteiger partial charge on any atom is 0.281 e. The number of alkyl halides is 2. The fourth-order valence-electron chi connectivity index (χ4n) is 7.03. The number of aromatic nitrogens is 4. The molecule has 1 aliphatic heterocycles. The van der Waals surface area contributed by atoms with Crippen LogP contribution in [0, 0.1) is 17.2 Å². The number of Topliss-reactive ketones (excluding diaryl/α,β-unsaturated/α-hetero) is 1. The van der Waals surface area contributed by atoms with Crippen LogP contribution in [-0.4, -0.2) is 58.1 Å². The van der Waals surface area contributed by atoms with Crippen molar-refractivity contribution in [1.29, 1.82) is 0 Å². The zero-order valence-corrected chi connectivity index (χ0v) is 24.2. The third-order valence-corrected chi connectivity index (χ3v) is 11.3. The highest BCUT2D eigenvalue weighted by molar-refractivity contribution is 7.89. The normalized spacial score (nSPS) is 26.4. The van der Waals surface area contributed by atoms with Crippen molar-refractivity contribution in [2.24, 2.45) is 18.4 Å². The van der Waals surface area contributed by atoms with Crippen LogP contribution in [0.5, 0.6) is 0 Å². The molecule has 3 aliphatic carbocycles. The molecule has 10 nitrogen and oxygen atoms in total. The highest BCUT2D eigenvalue weighted by Crippen LogP contribution is 2.57. The number of aryl methyl sites for hydroxylation is 1. The quantitative estimate of drug-likeness (QED) is 0.475. The van der Waals surface area contributed by atoms with E-state index in [1.807, 2.05) is 0 Å². The Balaban J connectivity index is 1.38. The van der Waals surface area contributed by atoms with E-state index in [2.05, 4.69) is 20.7 Å². The second-order valence-corrected chi connectivity index (χ2v) is 13.5. The lowest BCUT2D eigenvalue weighted by Gasteiger charge is -2.50. The number of carbonyl (C=O) groups excluding carboxylic acids is 1. The number of hydrogen-bond acceptors (Lipinski definition) is 8. The molecule has 7 rings (SSSR count). The van der Waals surface area contributed by atoms with Crippen molar-refractivity contribution in [2.75, 3.05) is 18.6 Å². The first kappa shape index (κ1) is 27.9. The molecule has 224 valence electrons. The second kappa shape index (κ2) is 9.56. The molecule has 1 aromatic carbocycles. The van der Waals surface area contributed by atoms with Gasteiger partial charge in [-0.25, -0.2) is 31.7 Å². The average Bonchev–Trinajstić information content (AvgIpc) is 3.45. The summed E-state index contributed by atoms with van der Waals surface area (Å²) < 4.78 is 75.9. The van der Waals surface area contributed by atoms with Crippen LogP contribution in [-0.2, 0) is 23.0 Å². The van der Waals surface area contributed by atoms with Gasteiger partial charge in [-0.3, -0.25) is 14.8 Å². The van der Waals surface area contributed by atoms with Crippen LogP contribution in [0.2, 0.25) is 0 Å². The summed E-state index contributed by atoms with van der Waals surface area (Å²) in [7, 11) is -1.09. The molecule has 43 heavy (non-hydrogen) atoms. The summed E-state index contributed by atoms with van der Waals surface area (Å²) in [5.74, 6) is -5.47. The Morgan fingerprint density at radius 2 is 1.93 bits per heavy atom. The number of rotatable bonds is 4. The summed E-state index contributed by atoms with van der Waals surface area (Å²) in [6.07, 6.45) is 5.01. The van der Waals surface area contributed by atoms with Gasteiger partial charge >= 0.3 is 0 Å². The molecular formula is C29H28F3N7O3S. The molecule has 2 aromatic heterocycles. The molecule has 3 atom stereocenters. The van der Waals surface area contributed by atoms with Crippen molar-refractivity contribution in [3.05, 3.63) is 88.8 Å². The number of hydrogen-bond donors (Lipinski definition) is 1. The molecule has 14 heteroatoms. The third kappa shape index (κ3) is 4.10. The number of halogens is 3. The van der Waals surface area contributed by atoms with Gasteiger partial charge in [0.1, 0.15) is 11.5 Å². The summed E-state index contributed by atoms with van der Waals surface area (Å²) in [4.78, 5) is 18.7. The van der Waals surface area contributed by atoms with Crippen molar-refractivity contribution < 1.29 is 26.4 Å². The number of pyridine rings is 1. The predicted octanol–water partition coefficient (Wildman–Crippen LogP) is 3.72. The first-order valence-electron chi connectivity index (χ1n) is 13.9. The van der Waals surface area contributed by atoms with Gasteiger partial charge in [-0.1, -0.05) is 10.8 Å². The molecule has 0 amide bonds. The summed E-state index contributed by atoms with van der Waals surface area (Å²) in [6.45, 7) is -0.139. The largest absolute Gasteiger partial charge is 0.291 e. The van der Waals surface area contributed by atoms with E-state index < -0.39 is 44.9 Å². The van der Waals surface area contributed by atoms with E-state index >= 15 is 8.78 Å². The number of hydrazine groups is 1. The minimum absolute atomic E-state index is 0.0234. The fraction of sp³-hybridized carbons (Fsp3) is 0.379. The Kier molecular flexibility index (Phi) is 6.21. The molecule has 3 aromatic rings. The topological polar surface area (TPSA) is 113 Å². The van der Waals surface area contributed by atoms with E-state index in [9.17, 15) is 17.6 Å². The number of carbonyl (C=O) groups is 1. The SMILES string of the molecule is CN([C@H]1CCC2=CC3=C4C[C@@]2(C1)C(=O)c1cc(ccn1)C(F)(F)C4CNN3c1ccc(F)cc1)S(=O)(=O)c1cnnn1C. The molecule has 1 spiro atoms. The van der Waals surface area contributed by atoms with Crippen molar-refractivity contribution in [3.63, 3.8) is 0 Å². The van der Waals surface area contributed by atoms with Crippen LogP contribution in [0.3, 0.4) is 0 Å². The van der Waals surface area contributed by atoms with Gasteiger partial charge < -0.3 is 0 Å². The Labute approximate surface area is 245 Å². The molecule has 0 saturated heterocycles. The summed E-state index contributed by atoms with van der Waals surface area (Å²) in [5.41, 5.74) is 3.61. The molecule has 1 fully saturated rings. The van der Waals surface area contributed by atoms with E-state index in [4.69, 9.17) is 0 Å². The van der Waals surface area contributed by atoms with Crippen LogP contribution < -0.4 is 10.4 Å². The van der Waals surface area contributed by atoms with Crippen LogP contribution in [0.25, 0.3) is 0 Å². The number of allylic oxidation sites excluding steroid dienone is 2. The Bertz CT molecular complexity index is 1820. The zero-order valence-electron chi connectivity index (χ0n) is 23.3. The van der Waals surface area contributed by atoms with Gasteiger partial charge in [-0.05, 0) is 73.7 Å².